The van der Waals surface area contributed by atoms with Crippen molar-refractivity contribution in [2.24, 2.45) is 0 Å². The van der Waals surface area contributed by atoms with Crippen LogP contribution in [0.15, 0.2) is 72.8 Å². The van der Waals surface area contributed by atoms with Gasteiger partial charge < -0.3 is 8.92 Å². The van der Waals surface area contributed by atoms with Gasteiger partial charge in [0.25, 0.3) is 0 Å². The van der Waals surface area contributed by atoms with E-state index in [-0.39, 0.29) is 17.9 Å². The molecule has 0 aliphatic heterocycles. The zero-order valence-electron chi connectivity index (χ0n) is 18.3. The molecule has 0 heterocycles. The monoisotopic (exact) mass is 478 g/mol. The highest BCUT2D eigenvalue weighted by atomic mass is 32.2. The number of ether oxygens (including phenoxy) is 1. The summed E-state index contributed by atoms with van der Waals surface area (Å²) in [6.07, 6.45) is -0.662. The lowest BCUT2D eigenvalue weighted by Gasteiger charge is -2.29. The summed E-state index contributed by atoms with van der Waals surface area (Å²) in [6, 6.07) is 19.0. The van der Waals surface area contributed by atoms with Crippen molar-refractivity contribution in [2.45, 2.75) is 38.0 Å². The first-order valence-corrected chi connectivity index (χ1v) is 12.2. The lowest BCUT2D eigenvalue weighted by atomic mass is 9.78. The van der Waals surface area contributed by atoms with Gasteiger partial charge in [0.15, 0.2) is 11.6 Å². The van der Waals surface area contributed by atoms with E-state index >= 15 is 0 Å². The van der Waals surface area contributed by atoms with Gasteiger partial charge in [0.2, 0.25) is 6.43 Å². The van der Waals surface area contributed by atoms with Crippen LogP contribution in [0.5, 0.6) is 17.2 Å². The molecule has 176 valence electrons. The summed E-state index contributed by atoms with van der Waals surface area (Å²) in [5, 5.41) is 0. The molecule has 0 bridgehead atoms. The first-order chi connectivity index (χ1) is 15.6. The van der Waals surface area contributed by atoms with Gasteiger partial charge in [-0.1, -0.05) is 43.3 Å². The molecule has 0 spiro atoms. The Labute approximate surface area is 192 Å². The quantitative estimate of drug-likeness (QED) is 0.312. The van der Waals surface area contributed by atoms with Crippen LogP contribution in [0, 0.1) is 5.82 Å². The SMILES string of the molecule is CC(CCCc1ccc(F)c(Oc2ccccc2)c1)(c1ccc(OS(C)(=O)=O)cc1)C(F)F. The maximum atomic E-state index is 14.2. The number of rotatable bonds is 10. The minimum atomic E-state index is -3.70. The Balaban J connectivity index is 1.68. The topological polar surface area (TPSA) is 52.6 Å². The van der Waals surface area contributed by atoms with Crippen molar-refractivity contribution in [3.8, 4) is 17.2 Å². The summed E-state index contributed by atoms with van der Waals surface area (Å²) < 4.78 is 75.1. The van der Waals surface area contributed by atoms with E-state index in [2.05, 4.69) is 0 Å². The van der Waals surface area contributed by atoms with E-state index in [4.69, 9.17) is 8.92 Å². The van der Waals surface area contributed by atoms with E-state index in [0.717, 1.165) is 11.8 Å². The number of benzene rings is 3. The molecule has 1 atom stereocenters. The van der Waals surface area contributed by atoms with Crippen LogP contribution in [0.2, 0.25) is 0 Å². The largest absolute Gasteiger partial charge is 0.454 e. The lowest BCUT2D eigenvalue weighted by Crippen LogP contribution is -2.31. The van der Waals surface area contributed by atoms with Crippen LogP contribution in [0.3, 0.4) is 0 Å². The fourth-order valence-electron chi connectivity index (χ4n) is 3.50. The van der Waals surface area contributed by atoms with Gasteiger partial charge in [-0.15, -0.1) is 0 Å². The second-order valence-electron chi connectivity index (χ2n) is 8.06. The zero-order chi connectivity index (χ0) is 24.1. The predicted octanol–water partition coefficient (Wildman–Crippen LogP) is 6.50. The zero-order valence-corrected chi connectivity index (χ0v) is 19.1. The Kier molecular flexibility index (Phi) is 7.68. The van der Waals surface area contributed by atoms with Crippen molar-refractivity contribution in [2.75, 3.05) is 6.26 Å². The summed E-state index contributed by atoms with van der Waals surface area (Å²) in [7, 11) is -3.70. The Morgan fingerprint density at radius 3 is 2.21 bits per heavy atom. The van der Waals surface area contributed by atoms with E-state index in [9.17, 15) is 21.6 Å². The number of hydrogen-bond donors (Lipinski definition) is 0. The molecule has 0 fully saturated rings. The van der Waals surface area contributed by atoms with Crippen LogP contribution in [0.4, 0.5) is 13.2 Å². The second-order valence-corrected chi connectivity index (χ2v) is 9.64. The number of hydrogen-bond acceptors (Lipinski definition) is 4. The van der Waals surface area contributed by atoms with Crippen LogP contribution in [0.25, 0.3) is 0 Å². The Morgan fingerprint density at radius 2 is 1.61 bits per heavy atom. The molecule has 0 N–H and O–H groups in total. The highest BCUT2D eigenvalue weighted by Gasteiger charge is 2.36. The molecule has 0 aromatic heterocycles. The fraction of sp³-hybridized carbons (Fsp3) is 0.280. The van der Waals surface area contributed by atoms with Gasteiger partial charge in [-0.3, -0.25) is 0 Å². The van der Waals surface area contributed by atoms with Crippen LogP contribution in [0.1, 0.15) is 30.9 Å². The number of halogens is 3. The van der Waals surface area contributed by atoms with Gasteiger partial charge in [0.1, 0.15) is 11.5 Å². The van der Waals surface area contributed by atoms with Gasteiger partial charge in [0, 0.05) is 0 Å². The lowest BCUT2D eigenvalue weighted by molar-refractivity contribution is 0.0526. The van der Waals surface area contributed by atoms with Crippen molar-refractivity contribution in [1.29, 1.82) is 0 Å². The summed E-state index contributed by atoms with van der Waals surface area (Å²) in [5.74, 6) is 0.144. The standard InChI is InChI=1S/C25H25F3O4S/c1-25(24(27)28,19-11-13-21(14-12-19)32-33(2,29)30)16-6-7-18-10-15-22(26)23(17-18)31-20-8-4-3-5-9-20/h3-5,8-15,17,24H,6-7,16H2,1-2H3. The van der Waals surface area contributed by atoms with Gasteiger partial charge in [-0.05, 0) is 66.8 Å². The molecule has 0 aliphatic carbocycles. The number of para-hydroxylation sites is 1. The van der Waals surface area contributed by atoms with Gasteiger partial charge >= 0.3 is 10.1 Å². The van der Waals surface area contributed by atoms with Crippen LogP contribution in [-0.2, 0) is 22.0 Å². The Bertz CT molecular complexity index is 1170. The molecule has 0 saturated heterocycles. The summed E-state index contributed by atoms with van der Waals surface area (Å²) in [5.41, 5.74) is -0.283. The van der Waals surface area contributed by atoms with Crippen LogP contribution < -0.4 is 8.92 Å². The highest BCUT2D eigenvalue weighted by Crippen LogP contribution is 2.37. The van der Waals surface area contributed by atoms with E-state index in [1.807, 2.05) is 6.07 Å². The molecular weight excluding hydrogens is 453 g/mol. The van der Waals surface area contributed by atoms with Crippen LogP contribution >= 0.6 is 0 Å². The smallest absolute Gasteiger partial charge is 0.306 e. The van der Waals surface area contributed by atoms with Crippen molar-refractivity contribution in [3.63, 3.8) is 0 Å². The molecule has 3 rings (SSSR count). The minimum Gasteiger partial charge on any atom is -0.454 e. The third-order valence-electron chi connectivity index (χ3n) is 5.37. The van der Waals surface area contributed by atoms with E-state index in [0.29, 0.717) is 24.2 Å². The normalized spacial score (nSPS) is 13.5. The van der Waals surface area contributed by atoms with Gasteiger partial charge in [0.05, 0.1) is 11.7 Å². The fourth-order valence-corrected chi connectivity index (χ4v) is 3.96. The Hall–Kier alpha value is -3.00. The molecule has 4 nitrogen and oxygen atoms in total. The third kappa shape index (κ3) is 6.74. The first-order valence-electron chi connectivity index (χ1n) is 10.4. The van der Waals surface area contributed by atoms with Crippen molar-refractivity contribution in [1.82, 2.24) is 0 Å². The molecule has 8 heteroatoms. The molecule has 0 saturated carbocycles. The minimum absolute atomic E-state index is 0.0649. The van der Waals surface area contributed by atoms with E-state index < -0.39 is 27.8 Å². The molecule has 1 unspecified atom stereocenters. The van der Waals surface area contributed by atoms with Crippen LogP contribution in [-0.4, -0.2) is 21.1 Å². The van der Waals surface area contributed by atoms with Crippen molar-refractivity contribution >= 4 is 10.1 Å². The van der Waals surface area contributed by atoms with Crippen molar-refractivity contribution in [3.05, 3.63) is 89.7 Å². The average molecular weight is 479 g/mol. The Morgan fingerprint density at radius 1 is 0.939 bits per heavy atom. The summed E-state index contributed by atoms with van der Waals surface area (Å²) in [4.78, 5) is 0. The number of alkyl halides is 2. The third-order valence-corrected chi connectivity index (χ3v) is 5.87. The predicted molar refractivity (Wildman–Crippen MR) is 121 cm³/mol. The number of aryl methyl sites for hydroxylation is 1. The molecule has 0 radical (unpaired) electrons. The molecule has 0 aliphatic rings. The molecular formula is C25H25F3O4S. The maximum Gasteiger partial charge on any atom is 0.306 e. The highest BCUT2D eigenvalue weighted by molar-refractivity contribution is 7.86. The molecule has 33 heavy (non-hydrogen) atoms. The molecule has 0 amide bonds. The summed E-state index contributed by atoms with van der Waals surface area (Å²) in [6.45, 7) is 1.47. The van der Waals surface area contributed by atoms with Crippen molar-refractivity contribution < 1.29 is 30.5 Å². The average Bonchev–Trinajstić information content (AvgIpc) is 2.76. The van der Waals surface area contributed by atoms with E-state index in [1.54, 1.807) is 36.4 Å². The summed E-state index contributed by atoms with van der Waals surface area (Å²) >= 11 is 0. The second kappa shape index (κ2) is 10.3. The van der Waals surface area contributed by atoms with E-state index in [1.165, 1.54) is 37.3 Å². The van der Waals surface area contributed by atoms with Gasteiger partial charge in [-0.2, -0.15) is 8.42 Å². The molecule has 3 aromatic rings. The first kappa shape index (κ1) is 24.6. The van der Waals surface area contributed by atoms with Gasteiger partial charge in [-0.25, -0.2) is 13.2 Å². The maximum absolute atomic E-state index is 14.2. The molecule has 3 aromatic carbocycles.